The molecule has 0 saturated heterocycles. The molecule has 0 aromatic rings. The van der Waals surface area contributed by atoms with Gasteiger partial charge in [-0.25, -0.2) is 9.18 Å². The molecule has 0 bridgehead atoms. The van der Waals surface area contributed by atoms with Crippen molar-refractivity contribution in [3.8, 4) is 0 Å². The fraction of sp³-hybridized carbons (Fsp3) is 0.700. The zero-order valence-corrected chi connectivity index (χ0v) is 8.22. The number of allylic oxidation sites excluding steroid dienone is 1. The largest absolute Gasteiger partial charge is 0.479 e. The first kappa shape index (κ1) is 12.1. The molecule has 0 amide bonds. The minimum absolute atomic E-state index is 0.0615. The lowest BCUT2D eigenvalue weighted by molar-refractivity contribution is -0.151. The molecule has 0 aliphatic carbocycles. The van der Waals surface area contributed by atoms with Crippen molar-refractivity contribution in [1.29, 1.82) is 0 Å². The van der Waals surface area contributed by atoms with Gasteiger partial charge in [-0.05, 0) is 18.8 Å². The Bertz CT molecular complexity index is 189. The van der Waals surface area contributed by atoms with Gasteiger partial charge in [0.25, 0.3) is 0 Å². The van der Waals surface area contributed by atoms with Gasteiger partial charge in [0.05, 0.1) is 0 Å². The van der Waals surface area contributed by atoms with Gasteiger partial charge in [-0.15, -0.1) is 6.58 Å². The molecule has 0 heterocycles. The maximum absolute atomic E-state index is 13.6. The zero-order chi connectivity index (χ0) is 10.5. The summed E-state index contributed by atoms with van der Waals surface area (Å²) < 4.78 is 13.6. The first-order chi connectivity index (χ1) is 5.92. The van der Waals surface area contributed by atoms with Crippen LogP contribution in [-0.2, 0) is 4.79 Å². The fourth-order valence-corrected chi connectivity index (χ4v) is 1.04. The molecular weight excluding hydrogens is 171 g/mol. The molecule has 0 spiro atoms. The third-order valence-electron chi connectivity index (χ3n) is 1.97. The summed E-state index contributed by atoms with van der Waals surface area (Å²) in [5, 5.41) is 8.65. The first-order valence-corrected chi connectivity index (χ1v) is 4.45. The van der Waals surface area contributed by atoms with E-state index in [4.69, 9.17) is 5.11 Å². The average Bonchev–Trinajstić information content (AvgIpc) is 2.01. The molecule has 1 N–H and O–H groups in total. The Morgan fingerprint density at radius 1 is 1.69 bits per heavy atom. The normalized spacial score (nSPS) is 15.4. The minimum atomic E-state index is -2.12. The SMILES string of the molecule is C=CCC(F)(CCC(C)C)C(=O)O. The average molecular weight is 188 g/mol. The Balaban J connectivity index is 4.23. The van der Waals surface area contributed by atoms with Crippen molar-refractivity contribution in [2.45, 2.75) is 38.8 Å². The topological polar surface area (TPSA) is 37.3 Å². The van der Waals surface area contributed by atoms with E-state index in [1.165, 1.54) is 6.08 Å². The van der Waals surface area contributed by atoms with Gasteiger partial charge >= 0.3 is 5.97 Å². The molecule has 1 atom stereocenters. The number of alkyl halides is 1. The zero-order valence-electron chi connectivity index (χ0n) is 8.22. The highest BCUT2D eigenvalue weighted by Gasteiger charge is 2.36. The van der Waals surface area contributed by atoms with Gasteiger partial charge < -0.3 is 5.11 Å². The van der Waals surface area contributed by atoms with Gasteiger partial charge in [0.15, 0.2) is 0 Å². The lowest BCUT2D eigenvalue weighted by atomic mass is 9.92. The number of hydrogen-bond acceptors (Lipinski definition) is 1. The van der Waals surface area contributed by atoms with E-state index in [9.17, 15) is 9.18 Å². The van der Waals surface area contributed by atoms with E-state index < -0.39 is 11.6 Å². The predicted molar refractivity (Wildman–Crippen MR) is 50.4 cm³/mol. The van der Waals surface area contributed by atoms with E-state index in [-0.39, 0.29) is 12.8 Å². The molecule has 0 radical (unpaired) electrons. The number of rotatable bonds is 6. The van der Waals surface area contributed by atoms with Crippen molar-refractivity contribution in [3.05, 3.63) is 12.7 Å². The van der Waals surface area contributed by atoms with Crippen LogP contribution in [0.25, 0.3) is 0 Å². The summed E-state index contributed by atoms with van der Waals surface area (Å²) in [5.74, 6) is -1.06. The van der Waals surface area contributed by atoms with Crippen LogP contribution in [0.5, 0.6) is 0 Å². The Kier molecular flexibility index (Phi) is 4.67. The van der Waals surface area contributed by atoms with E-state index in [0.717, 1.165) is 0 Å². The summed E-state index contributed by atoms with van der Waals surface area (Å²) >= 11 is 0. The number of hydrogen-bond donors (Lipinski definition) is 1. The summed E-state index contributed by atoms with van der Waals surface area (Å²) in [7, 11) is 0. The molecule has 0 aliphatic rings. The van der Waals surface area contributed by atoms with Crippen LogP contribution < -0.4 is 0 Å². The number of aliphatic carboxylic acids is 1. The number of carboxylic acids is 1. The number of carboxylic acid groups (broad SMARTS) is 1. The van der Waals surface area contributed by atoms with Crippen LogP contribution in [0.15, 0.2) is 12.7 Å². The third kappa shape index (κ3) is 4.06. The van der Waals surface area contributed by atoms with Gasteiger partial charge in [0.2, 0.25) is 5.67 Å². The molecule has 0 aromatic heterocycles. The summed E-state index contributed by atoms with van der Waals surface area (Å²) in [6.45, 7) is 7.23. The highest BCUT2D eigenvalue weighted by atomic mass is 19.1. The molecule has 0 fully saturated rings. The Hall–Kier alpha value is -0.860. The van der Waals surface area contributed by atoms with Crippen LogP contribution in [0.3, 0.4) is 0 Å². The van der Waals surface area contributed by atoms with Gasteiger partial charge in [-0.1, -0.05) is 19.9 Å². The molecule has 0 aliphatic heterocycles. The quantitative estimate of drug-likeness (QED) is 0.651. The summed E-state index contributed by atoms with van der Waals surface area (Å²) in [6.07, 6.45) is 1.84. The summed E-state index contributed by atoms with van der Waals surface area (Å²) in [4.78, 5) is 10.6. The Morgan fingerprint density at radius 3 is 2.54 bits per heavy atom. The monoisotopic (exact) mass is 188 g/mol. The molecular formula is C10H17FO2. The lowest BCUT2D eigenvalue weighted by Crippen LogP contribution is -2.33. The van der Waals surface area contributed by atoms with Crippen molar-refractivity contribution < 1.29 is 14.3 Å². The van der Waals surface area contributed by atoms with Crippen LogP contribution in [0.1, 0.15) is 33.1 Å². The first-order valence-electron chi connectivity index (χ1n) is 4.45. The van der Waals surface area contributed by atoms with Crippen LogP contribution in [0, 0.1) is 5.92 Å². The summed E-state index contributed by atoms with van der Waals surface area (Å²) in [6, 6.07) is 0. The smallest absolute Gasteiger partial charge is 0.341 e. The number of carbonyl (C=O) groups is 1. The second kappa shape index (κ2) is 5.00. The van der Waals surface area contributed by atoms with Crippen LogP contribution >= 0.6 is 0 Å². The van der Waals surface area contributed by atoms with E-state index in [1.807, 2.05) is 13.8 Å². The Labute approximate surface area is 78.5 Å². The molecule has 0 saturated carbocycles. The molecule has 13 heavy (non-hydrogen) atoms. The van der Waals surface area contributed by atoms with E-state index >= 15 is 0 Å². The minimum Gasteiger partial charge on any atom is -0.479 e. The summed E-state index contributed by atoms with van der Waals surface area (Å²) in [5.41, 5.74) is -2.12. The molecule has 3 heteroatoms. The van der Waals surface area contributed by atoms with Gasteiger partial charge in [0.1, 0.15) is 0 Å². The van der Waals surface area contributed by atoms with Crippen LogP contribution in [0.2, 0.25) is 0 Å². The van der Waals surface area contributed by atoms with Gasteiger partial charge in [-0.3, -0.25) is 0 Å². The molecule has 1 unspecified atom stereocenters. The maximum atomic E-state index is 13.6. The standard InChI is InChI=1S/C10H17FO2/c1-4-6-10(11,9(12)13)7-5-8(2)3/h4,8H,1,5-7H2,2-3H3,(H,12,13). The van der Waals surface area contributed by atoms with Gasteiger partial charge in [0, 0.05) is 6.42 Å². The van der Waals surface area contributed by atoms with Crippen molar-refractivity contribution in [1.82, 2.24) is 0 Å². The van der Waals surface area contributed by atoms with Gasteiger partial charge in [-0.2, -0.15) is 0 Å². The van der Waals surface area contributed by atoms with Crippen molar-refractivity contribution >= 4 is 5.97 Å². The molecule has 0 rings (SSSR count). The fourth-order valence-electron chi connectivity index (χ4n) is 1.04. The predicted octanol–water partition coefficient (Wildman–Crippen LogP) is 2.79. The highest BCUT2D eigenvalue weighted by molar-refractivity contribution is 5.77. The third-order valence-corrected chi connectivity index (χ3v) is 1.97. The van der Waals surface area contributed by atoms with Crippen LogP contribution in [0.4, 0.5) is 4.39 Å². The van der Waals surface area contributed by atoms with Crippen molar-refractivity contribution in [3.63, 3.8) is 0 Å². The second-order valence-electron chi connectivity index (χ2n) is 3.70. The molecule has 0 aromatic carbocycles. The lowest BCUT2D eigenvalue weighted by Gasteiger charge is -2.19. The van der Waals surface area contributed by atoms with Crippen molar-refractivity contribution in [2.24, 2.45) is 5.92 Å². The highest BCUT2D eigenvalue weighted by Crippen LogP contribution is 2.25. The molecule has 76 valence electrons. The van der Waals surface area contributed by atoms with E-state index in [2.05, 4.69) is 6.58 Å². The van der Waals surface area contributed by atoms with Crippen LogP contribution in [-0.4, -0.2) is 16.7 Å². The van der Waals surface area contributed by atoms with E-state index in [0.29, 0.717) is 12.3 Å². The molecule has 2 nitrogen and oxygen atoms in total. The van der Waals surface area contributed by atoms with Crippen molar-refractivity contribution in [2.75, 3.05) is 0 Å². The Morgan fingerprint density at radius 2 is 2.23 bits per heavy atom. The maximum Gasteiger partial charge on any atom is 0.341 e. The second-order valence-corrected chi connectivity index (χ2v) is 3.70. The van der Waals surface area contributed by atoms with E-state index in [1.54, 1.807) is 0 Å². The number of halogens is 1.